The maximum atomic E-state index is 13.4. The van der Waals surface area contributed by atoms with E-state index in [0.717, 1.165) is 0 Å². The maximum Gasteiger partial charge on any atom is 0.338 e. The smallest absolute Gasteiger partial charge is 0.338 e. The van der Waals surface area contributed by atoms with Gasteiger partial charge in [-0.05, 0) is 18.6 Å². The van der Waals surface area contributed by atoms with Crippen molar-refractivity contribution < 1.29 is 18.7 Å². The molecule has 0 radical (unpaired) electrons. The Morgan fingerprint density at radius 1 is 1.56 bits per heavy atom. The molecule has 1 aromatic rings. The van der Waals surface area contributed by atoms with Crippen molar-refractivity contribution in [2.24, 2.45) is 0 Å². The van der Waals surface area contributed by atoms with Crippen LogP contribution >= 0.6 is 0 Å². The van der Waals surface area contributed by atoms with Crippen LogP contribution in [0.15, 0.2) is 24.3 Å². The van der Waals surface area contributed by atoms with E-state index in [4.69, 9.17) is 4.74 Å². The van der Waals surface area contributed by atoms with Crippen LogP contribution < -0.4 is 0 Å². The summed E-state index contributed by atoms with van der Waals surface area (Å²) in [7, 11) is 1.31. The third-order valence-electron chi connectivity index (χ3n) is 2.80. The van der Waals surface area contributed by atoms with Crippen molar-refractivity contribution in [1.82, 2.24) is 0 Å². The fourth-order valence-electron chi connectivity index (χ4n) is 1.79. The molecule has 2 atom stereocenters. The molecule has 0 N–H and O–H groups in total. The summed E-state index contributed by atoms with van der Waals surface area (Å²) in [6.07, 6.45) is -0.198. The van der Waals surface area contributed by atoms with Gasteiger partial charge in [-0.3, -0.25) is 0 Å². The lowest BCUT2D eigenvalue weighted by molar-refractivity contribution is -0.142. The van der Waals surface area contributed by atoms with Crippen LogP contribution in [-0.4, -0.2) is 24.8 Å². The standard InChI is InChI=1S/C12H13FO3/c1-12(10(16-12)11(14)15-2)7-8-5-3-4-6-9(8)13/h3-6,10H,7H2,1-2H3. The maximum absolute atomic E-state index is 13.4. The molecular formula is C12H13FO3. The highest BCUT2D eigenvalue weighted by molar-refractivity contribution is 5.79. The van der Waals surface area contributed by atoms with E-state index in [0.29, 0.717) is 12.0 Å². The third-order valence-corrected chi connectivity index (χ3v) is 2.80. The van der Waals surface area contributed by atoms with E-state index in [1.807, 2.05) is 0 Å². The number of ether oxygens (including phenoxy) is 2. The zero-order chi connectivity index (χ0) is 11.8. The van der Waals surface area contributed by atoms with Crippen LogP contribution in [0.3, 0.4) is 0 Å². The molecule has 0 saturated carbocycles. The van der Waals surface area contributed by atoms with Crippen molar-refractivity contribution in [2.45, 2.75) is 25.0 Å². The number of rotatable bonds is 3. The molecule has 1 saturated heterocycles. The molecule has 2 rings (SSSR count). The monoisotopic (exact) mass is 224 g/mol. The highest BCUT2D eigenvalue weighted by Crippen LogP contribution is 2.40. The number of hydrogen-bond acceptors (Lipinski definition) is 3. The minimum atomic E-state index is -0.630. The van der Waals surface area contributed by atoms with Crippen LogP contribution in [0.5, 0.6) is 0 Å². The van der Waals surface area contributed by atoms with Gasteiger partial charge in [-0.15, -0.1) is 0 Å². The molecule has 0 amide bonds. The lowest BCUT2D eigenvalue weighted by atomic mass is 9.97. The molecule has 1 aliphatic rings. The third kappa shape index (κ3) is 1.93. The number of carbonyl (C=O) groups is 1. The average molecular weight is 224 g/mol. The van der Waals surface area contributed by atoms with Crippen molar-refractivity contribution in [3.63, 3.8) is 0 Å². The largest absolute Gasteiger partial charge is 0.467 e. The van der Waals surface area contributed by atoms with Crippen LogP contribution in [0.1, 0.15) is 12.5 Å². The summed E-state index contributed by atoms with van der Waals surface area (Å²) in [5.74, 6) is -0.679. The number of methoxy groups -OCH3 is 1. The van der Waals surface area contributed by atoms with Crippen molar-refractivity contribution in [3.8, 4) is 0 Å². The van der Waals surface area contributed by atoms with Crippen LogP contribution in [0.25, 0.3) is 0 Å². The van der Waals surface area contributed by atoms with Crippen LogP contribution in [0.4, 0.5) is 4.39 Å². The van der Waals surface area contributed by atoms with E-state index in [9.17, 15) is 9.18 Å². The Bertz CT molecular complexity index is 418. The van der Waals surface area contributed by atoms with Crippen LogP contribution in [0, 0.1) is 5.82 Å². The average Bonchev–Trinajstić information content (AvgIpc) is 2.93. The zero-order valence-electron chi connectivity index (χ0n) is 9.20. The SMILES string of the molecule is COC(=O)C1OC1(C)Cc1ccccc1F. The van der Waals surface area contributed by atoms with Crippen molar-refractivity contribution >= 4 is 5.97 Å². The van der Waals surface area contributed by atoms with E-state index in [-0.39, 0.29) is 5.82 Å². The van der Waals surface area contributed by atoms with Gasteiger partial charge in [0.05, 0.1) is 7.11 Å². The van der Waals surface area contributed by atoms with E-state index in [1.54, 1.807) is 25.1 Å². The number of esters is 1. The Labute approximate surface area is 93.2 Å². The first-order valence-electron chi connectivity index (χ1n) is 5.06. The van der Waals surface area contributed by atoms with E-state index in [2.05, 4.69) is 4.74 Å². The second-order valence-electron chi connectivity index (χ2n) is 4.10. The van der Waals surface area contributed by atoms with E-state index >= 15 is 0 Å². The van der Waals surface area contributed by atoms with Gasteiger partial charge in [0.15, 0.2) is 6.10 Å². The Balaban J connectivity index is 2.07. The summed E-state index contributed by atoms with van der Waals surface area (Å²) < 4.78 is 23.2. The molecule has 0 aromatic heterocycles. The summed E-state index contributed by atoms with van der Waals surface area (Å²) in [4.78, 5) is 11.2. The first kappa shape index (κ1) is 11.1. The lowest BCUT2D eigenvalue weighted by Crippen LogP contribution is -2.21. The number of carbonyl (C=O) groups excluding carboxylic acids is 1. The number of epoxide rings is 1. The minimum absolute atomic E-state index is 0.275. The number of benzene rings is 1. The second-order valence-corrected chi connectivity index (χ2v) is 4.10. The van der Waals surface area contributed by atoms with Gasteiger partial charge in [0.2, 0.25) is 0 Å². The second kappa shape index (κ2) is 3.87. The molecule has 2 unspecified atom stereocenters. The predicted octanol–water partition coefficient (Wildman–Crippen LogP) is 1.70. The lowest BCUT2D eigenvalue weighted by Gasteiger charge is -2.06. The Morgan fingerprint density at radius 2 is 2.25 bits per heavy atom. The molecule has 1 heterocycles. The summed E-state index contributed by atoms with van der Waals surface area (Å²) in [5.41, 5.74) is -0.0775. The van der Waals surface area contributed by atoms with Gasteiger partial charge < -0.3 is 9.47 Å². The van der Waals surface area contributed by atoms with Crippen molar-refractivity contribution in [1.29, 1.82) is 0 Å². The summed E-state index contributed by atoms with van der Waals surface area (Å²) in [6.45, 7) is 1.78. The minimum Gasteiger partial charge on any atom is -0.467 e. The first-order valence-corrected chi connectivity index (χ1v) is 5.06. The van der Waals surface area contributed by atoms with Gasteiger partial charge in [-0.2, -0.15) is 0 Å². The molecule has 1 aliphatic heterocycles. The summed E-state index contributed by atoms with van der Waals surface area (Å²) in [5, 5.41) is 0. The summed E-state index contributed by atoms with van der Waals surface area (Å²) in [6, 6.07) is 6.48. The fourth-order valence-corrected chi connectivity index (χ4v) is 1.79. The van der Waals surface area contributed by atoms with E-state index in [1.165, 1.54) is 13.2 Å². The topological polar surface area (TPSA) is 38.8 Å². The molecule has 3 nitrogen and oxygen atoms in total. The molecule has 1 fully saturated rings. The first-order chi connectivity index (χ1) is 7.57. The Hall–Kier alpha value is -1.42. The van der Waals surface area contributed by atoms with Crippen LogP contribution in [0.2, 0.25) is 0 Å². The van der Waals surface area contributed by atoms with Gasteiger partial charge >= 0.3 is 5.97 Å². The normalized spacial score (nSPS) is 27.6. The van der Waals surface area contributed by atoms with Gasteiger partial charge in [-0.25, -0.2) is 9.18 Å². The van der Waals surface area contributed by atoms with E-state index < -0.39 is 17.7 Å². The molecular weight excluding hydrogens is 211 g/mol. The fraction of sp³-hybridized carbons (Fsp3) is 0.417. The quantitative estimate of drug-likeness (QED) is 0.579. The van der Waals surface area contributed by atoms with Gasteiger partial charge in [0, 0.05) is 6.42 Å². The van der Waals surface area contributed by atoms with Gasteiger partial charge in [0.1, 0.15) is 11.4 Å². The molecule has 16 heavy (non-hydrogen) atoms. The van der Waals surface area contributed by atoms with Crippen LogP contribution in [-0.2, 0) is 20.7 Å². The Kier molecular flexibility index (Phi) is 2.68. The zero-order valence-corrected chi connectivity index (χ0v) is 9.20. The van der Waals surface area contributed by atoms with Crippen molar-refractivity contribution in [3.05, 3.63) is 35.6 Å². The molecule has 0 bridgehead atoms. The van der Waals surface area contributed by atoms with Gasteiger partial charge in [0.25, 0.3) is 0 Å². The van der Waals surface area contributed by atoms with Crippen molar-refractivity contribution in [2.75, 3.05) is 7.11 Å². The molecule has 86 valence electrons. The molecule has 0 spiro atoms. The predicted molar refractivity (Wildman–Crippen MR) is 55.4 cm³/mol. The number of halogens is 1. The summed E-state index contributed by atoms with van der Waals surface area (Å²) >= 11 is 0. The highest BCUT2D eigenvalue weighted by Gasteiger charge is 2.57. The Morgan fingerprint density at radius 3 is 2.88 bits per heavy atom. The van der Waals surface area contributed by atoms with Gasteiger partial charge in [-0.1, -0.05) is 18.2 Å². The molecule has 1 aromatic carbocycles. The molecule has 4 heteroatoms. The number of hydrogen-bond donors (Lipinski definition) is 0. The highest BCUT2D eigenvalue weighted by atomic mass is 19.1. The molecule has 0 aliphatic carbocycles.